The summed E-state index contributed by atoms with van der Waals surface area (Å²) in [6, 6.07) is 5.10. The van der Waals surface area contributed by atoms with Gasteiger partial charge in [0.1, 0.15) is 0 Å². The van der Waals surface area contributed by atoms with Crippen molar-refractivity contribution in [1.82, 2.24) is 0 Å². The minimum atomic E-state index is -3.39. The van der Waals surface area contributed by atoms with Crippen molar-refractivity contribution in [3.8, 4) is 0 Å². The van der Waals surface area contributed by atoms with Crippen LogP contribution >= 0.6 is 23.4 Å². The zero-order chi connectivity index (χ0) is 13.9. The molecule has 2 rings (SSSR count). The number of sulfonamides is 1. The molecule has 0 aromatic heterocycles. The first-order valence-corrected chi connectivity index (χ1v) is 8.80. The Labute approximate surface area is 121 Å². The van der Waals surface area contributed by atoms with Crippen molar-refractivity contribution in [3.63, 3.8) is 0 Å². The van der Waals surface area contributed by atoms with E-state index < -0.39 is 10.0 Å². The van der Waals surface area contributed by atoms with Crippen LogP contribution in [0.2, 0.25) is 0 Å². The van der Waals surface area contributed by atoms with Gasteiger partial charge in [-0.25, -0.2) is 8.42 Å². The number of carbonyl (C=O) groups excluding carboxylic acids is 1. The van der Waals surface area contributed by atoms with Gasteiger partial charge in [0.05, 0.1) is 22.9 Å². The molecule has 0 unspecified atom stereocenters. The lowest BCUT2D eigenvalue weighted by Gasteiger charge is -2.17. The summed E-state index contributed by atoms with van der Waals surface area (Å²) in [5.74, 6) is 0.583. The van der Waals surface area contributed by atoms with Crippen LogP contribution in [-0.4, -0.2) is 31.7 Å². The molecule has 8 heteroatoms. The third-order valence-corrected chi connectivity index (χ3v) is 5.15. The van der Waals surface area contributed by atoms with Gasteiger partial charge in [-0.2, -0.15) is 0 Å². The van der Waals surface area contributed by atoms with E-state index in [0.717, 1.165) is 4.90 Å². The normalized spacial score (nSPS) is 14.7. The van der Waals surface area contributed by atoms with Gasteiger partial charge in [0.15, 0.2) is 0 Å². The molecule has 104 valence electrons. The summed E-state index contributed by atoms with van der Waals surface area (Å²) >= 11 is 6.91. The number of carbonyl (C=O) groups is 1. The van der Waals surface area contributed by atoms with E-state index >= 15 is 0 Å². The monoisotopic (exact) mass is 320 g/mol. The number of hydrogen-bond donors (Lipinski definition) is 2. The van der Waals surface area contributed by atoms with Gasteiger partial charge in [-0.3, -0.25) is 9.52 Å². The second kappa shape index (κ2) is 6.02. The van der Waals surface area contributed by atoms with Crippen LogP contribution in [0.4, 0.5) is 11.4 Å². The highest BCUT2D eigenvalue weighted by molar-refractivity contribution is 8.00. The van der Waals surface area contributed by atoms with E-state index in [9.17, 15) is 13.2 Å². The van der Waals surface area contributed by atoms with Gasteiger partial charge in [-0.15, -0.1) is 23.4 Å². The molecular weight excluding hydrogens is 308 g/mol. The first-order valence-electron chi connectivity index (χ1n) is 5.63. The average molecular weight is 321 g/mol. The van der Waals surface area contributed by atoms with Crippen molar-refractivity contribution in [2.24, 2.45) is 0 Å². The van der Waals surface area contributed by atoms with Gasteiger partial charge in [0.2, 0.25) is 15.9 Å². The standard InChI is InChI=1S/C11H13ClN2O3S2/c12-4-1-5-19(16,17)14-8-2-3-10-9(6-8)13-11(15)7-18-10/h2-3,6,14H,1,4-5,7H2,(H,13,15). The highest BCUT2D eigenvalue weighted by atomic mass is 35.5. The fourth-order valence-electron chi connectivity index (χ4n) is 1.62. The number of hydrogen-bond acceptors (Lipinski definition) is 4. The molecule has 1 aliphatic heterocycles. The number of anilines is 2. The van der Waals surface area contributed by atoms with Gasteiger partial charge >= 0.3 is 0 Å². The number of alkyl halides is 1. The van der Waals surface area contributed by atoms with E-state index in [1.165, 1.54) is 11.8 Å². The number of benzene rings is 1. The molecule has 1 aromatic carbocycles. The number of fused-ring (bicyclic) bond motifs is 1. The summed E-state index contributed by atoms with van der Waals surface area (Å²) in [5.41, 5.74) is 1.08. The van der Waals surface area contributed by atoms with E-state index in [4.69, 9.17) is 11.6 Å². The quantitative estimate of drug-likeness (QED) is 0.815. The lowest BCUT2D eigenvalue weighted by atomic mass is 10.3. The fraction of sp³-hybridized carbons (Fsp3) is 0.364. The van der Waals surface area contributed by atoms with Gasteiger partial charge in [-0.05, 0) is 24.6 Å². The number of halogens is 1. The van der Waals surface area contributed by atoms with E-state index in [0.29, 0.717) is 29.4 Å². The molecule has 1 amide bonds. The second-order valence-electron chi connectivity index (χ2n) is 4.01. The third kappa shape index (κ3) is 4.02. The fourth-order valence-corrected chi connectivity index (χ4v) is 3.81. The highest BCUT2D eigenvalue weighted by Gasteiger charge is 2.17. The molecule has 5 nitrogen and oxygen atoms in total. The number of nitrogens with one attached hydrogen (secondary N) is 2. The largest absolute Gasteiger partial charge is 0.324 e. The van der Waals surface area contributed by atoms with Crippen LogP contribution < -0.4 is 10.0 Å². The van der Waals surface area contributed by atoms with Crippen molar-refractivity contribution >= 4 is 50.7 Å². The summed E-state index contributed by atoms with van der Waals surface area (Å²) in [6.07, 6.45) is 0.397. The molecule has 0 atom stereocenters. The van der Waals surface area contributed by atoms with Crippen LogP contribution in [-0.2, 0) is 14.8 Å². The Hall–Kier alpha value is -0.920. The van der Waals surface area contributed by atoms with Crippen LogP contribution in [0.25, 0.3) is 0 Å². The van der Waals surface area contributed by atoms with Crippen LogP contribution in [0.5, 0.6) is 0 Å². The SMILES string of the molecule is O=C1CSc2ccc(NS(=O)(=O)CCCCl)cc2N1. The van der Waals surface area contributed by atoms with Gasteiger partial charge in [0, 0.05) is 10.8 Å². The first kappa shape index (κ1) is 14.5. The smallest absolute Gasteiger partial charge is 0.234 e. The van der Waals surface area contributed by atoms with Gasteiger partial charge in [-0.1, -0.05) is 0 Å². The Balaban J connectivity index is 2.14. The van der Waals surface area contributed by atoms with Crippen LogP contribution in [0.15, 0.2) is 23.1 Å². The number of thioether (sulfide) groups is 1. The van der Waals surface area contributed by atoms with Crippen LogP contribution in [0.3, 0.4) is 0 Å². The van der Waals surface area contributed by atoms with Gasteiger partial charge < -0.3 is 5.32 Å². The molecule has 1 aromatic rings. The van der Waals surface area contributed by atoms with Crippen molar-refractivity contribution in [2.45, 2.75) is 11.3 Å². The van der Waals surface area contributed by atoms with Crippen molar-refractivity contribution in [3.05, 3.63) is 18.2 Å². The molecule has 0 fully saturated rings. The molecule has 19 heavy (non-hydrogen) atoms. The van der Waals surface area contributed by atoms with Crippen molar-refractivity contribution in [2.75, 3.05) is 27.4 Å². The van der Waals surface area contributed by atoms with E-state index in [2.05, 4.69) is 10.0 Å². The molecule has 0 saturated heterocycles. The molecule has 0 bridgehead atoms. The lowest BCUT2D eigenvalue weighted by molar-refractivity contribution is -0.113. The third-order valence-electron chi connectivity index (χ3n) is 2.43. The van der Waals surface area contributed by atoms with Crippen LogP contribution in [0, 0.1) is 0 Å². The predicted molar refractivity (Wildman–Crippen MR) is 78.5 cm³/mol. The maximum Gasteiger partial charge on any atom is 0.234 e. The molecule has 2 N–H and O–H groups in total. The Morgan fingerprint density at radius 3 is 2.95 bits per heavy atom. The van der Waals surface area contributed by atoms with Crippen LogP contribution in [0.1, 0.15) is 6.42 Å². The summed E-state index contributed by atoms with van der Waals surface area (Å²) < 4.78 is 25.9. The summed E-state index contributed by atoms with van der Waals surface area (Å²) in [5, 5.41) is 2.71. The summed E-state index contributed by atoms with van der Waals surface area (Å²) in [6.45, 7) is 0. The summed E-state index contributed by atoms with van der Waals surface area (Å²) in [7, 11) is -3.39. The summed E-state index contributed by atoms with van der Waals surface area (Å²) in [4.78, 5) is 12.2. The maximum absolute atomic E-state index is 11.7. The second-order valence-corrected chi connectivity index (χ2v) is 7.25. The van der Waals surface area contributed by atoms with E-state index in [1.54, 1.807) is 18.2 Å². The Morgan fingerprint density at radius 2 is 2.21 bits per heavy atom. The number of amides is 1. The van der Waals surface area contributed by atoms with E-state index in [-0.39, 0.29) is 11.7 Å². The predicted octanol–water partition coefficient (Wildman–Crippen LogP) is 2.10. The zero-order valence-corrected chi connectivity index (χ0v) is 12.4. The topological polar surface area (TPSA) is 75.3 Å². The molecule has 1 heterocycles. The highest BCUT2D eigenvalue weighted by Crippen LogP contribution is 2.33. The van der Waals surface area contributed by atoms with E-state index in [1.807, 2.05) is 0 Å². The minimum Gasteiger partial charge on any atom is -0.324 e. The molecule has 1 aliphatic rings. The first-order chi connectivity index (χ1) is 9.00. The molecule has 0 radical (unpaired) electrons. The Bertz CT molecular complexity index is 590. The molecule has 0 spiro atoms. The lowest BCUT2D eigenvalue weighted by Crippen LogP contribution is -2.20. The Morgan fingerprint density at radius 1 is 1.42 bits per heavy atom. The minimum absolute atomic E-state index is 0.0192. The Kier molecular flexibility index (Phi) is 4.59. The van der Waals surface area contributed by atoms with Crippen molar-refractivity contribution < 1.29 is 13.2 Å². The average Bonchev–Trinajstić information content (AvgIpc) is 2.35. The van der Waals surface area contributed by atoms with Crippen molar-refractivity contribution in [1.29, 1.82) is 0 Å². The molecule has 0 aliphatic carbocycles. The molecular formula is C11H13ClN2O3S2. The molecule has 0 saturated carbocycles. The van der Waals surface area contributed by atoms with Gasteiger partial charge in [0.25, 0.3) is 0 Å². The number of rotatable bonds is 5. The maximum atomic E-state index is 11.7. The zero-order valence-electron chi connectivity index (χ0n) is 9.98.